The quantitative estimate of drug-likeness (QED) is 0.756. The van der Waals surface area contributed by atoms with Crippen molar-refractivity contribution < 1.29 is 9.53 Å². The van der Waals surface area contributed by atoms with Crippen LogP contribution in [0.2, 0.25) is 0 Å². The lowest BCUT2D eigenvalue weighted by Crippen LogP contribution is -2.27. The second-order valence-electron chi connectivity index (χ2n) is 6.68. The van der Waals surface area contributed by atoms with Crippen molar-refractivity contribution in [3.63, 3.8) is 0 Å². The highest BCUT2D eigenvalue weighted by Crippen LogP contribution is 2.29. The fraction of sp³-hybridized carbons (Fsp3) is 0.533. The zero-order valence-corrected chi connectivity index (χ0v) is 12.6. The summed E-state index contributed by atoms with van der Waals surface area (Å²) in [5.74, 6) is 0. The zero-order chi connectivity index (χ0) is 14.8. The lowest BCUT2D eigenvalue weighted by molar-refractivity contribution is 0.0636. The third-order valence-electron chi connectivity index (χ3n) is 2.50. The summed E-state index contributed by atoms with van der Waals surface area (Å²) in [6.07, 6.45) is -0.476. The summed E-state index contributed by atoms with van der Waals surface area (Å²) in [6.45, 7) is 11.8. The van der Waals surface area contributed by atoms with Gasteiger partial charge >= 0.3 is 6.09 Å². The maximum absolute atomic E-state index is 11.6. The van der Waals surface area contributed by atoms with Crippen LogP contribution in [0.4, 0.5) is 16.2 Å². The van der Waals surface area contributed by atoms with Gasteiger partial charge in [-0.25, -0.2) is 4.79 Å². The van der Waals surface area contributed by atoms with Crippen LogP contribution in [0.1, 0.15) is 47.1 Å². The van der Waals surface area contributed by atoms with Crippen molar-refractivity contribution >= 4 is 17.5 Å². The lowest BCUT2D eigenvalue weighted by Gasteiger charge is -2.22. The molecule has 4 nitrogen and oxygen atoms in total. The Bertz CT molecular complexity index is 468. The Morgan fingerprint density at radius 1 is 1.16 bits per heavy atom. The molecule has 0 bridgehead atoms. The first-order valence-electron chi connectivity index (χ1n) is 6.39. The van der Waals surface area contributed by atoms with Crippen LogP contribution >= 0.6 is 0 Å². The van der Waals surface area contributed by atoms with Crippen LogP contribution in [-0.2, 0) is 10.2 Å². The number of hydrogen-bond donors (Lipinski definition) is 2. The molecule has 0 atom stereocenters. The van der Waals surface area contributed by atoms with E-state index in [1.807, 2.05) is 32.9 Å². The Hall–Kier alpha value is -1.71. The molecule has 0 saturated carbocycles. The normalized spacial score (nSPS) is 12.1. The Balaban J connectivity index is 2.83. The summed E-state index contributed by atoms with van der Waals surface area (Å²) in [5.41, 5.74) is 7.85. The molecule has 3 N–H and O–H groups in total. The number of nitrogen functional groups attached to an aromatic ring is 1. The second kappa shape index (κ2) is 5.11. The van der Waals surface area contributed by atoms with Gasteiger partial charge in [-0.15, -0.1) is 0 Å². The van der Waals surface area contributed by atoms with Crippen molar-refractivity contribution in [3.05, 3.63) is 23.8 Å². The first-order chi connectivity index (χ1) is 8.49. The van der Waals surface area contributed by atoms with E-state index in [4.69, 9.17) is 10.5 Å². The monoisotopic (exact) mass is 264 g/mol. The highest BCUT2D eigenvalue weighted by atomic mass is 16.6. The summed E-state index contributed by atoms with van der Waals surface area (Å²) in [7, 11) is 0. The minimum Gasteiger partial charge on any atom is -0.444 e. The topological polar surface area (TPSA) is 64.3 Å². The molecule has 0 saturated heterocycles. The van der Waals surface area contributed by atoms with Crippen LogP contribution in [-0.4, -0.2) is 11.7 Å². The lowest BCUT2D eigenvalue weighted by atomic mass is 9.86. The first kappa shape index (κ1) is 15.3. The standard InChI is InChI=1S/C15H24N2O2/c1-14(2,3)11-8-7-10(9-12(11)16)17-13(18)19-15(4,5)6/h7-9H,16H2,1-6H3,(H,17,18). The molecule has 1 amide bonds. The Morgan fingerprint density at radius 3 is 2.16 bits per heavy atom. The predicted molar refractivity (Wildman–Crippen MR) is 79.4 cm³/mol. The fourth-order valence-corrected chi connectivity index (χ4v) is 1.74. The smallest absolute Gasteiger partial charge is 0.412 e. The molecule has 0 fully saturated rings. The minimum atomic E-state index is -0.513. The van der Waals surface area contributed by atoms with E-state index in [0.717, 1.165) is 5.56 Å². The van der Waals surface area contributed by atoms with Crippen LogP contribution in [0.15, 0.2) is 18.2 Å². The van der Waals surface area contributed by atoms with Gasteiger partial charge in [0.25, 0.3) is 0 Å². The summed E-state index contributed by atoms with van der Waals surface area (Å²) in [5, 5.41) is 2.68. The molecule has 0 radical (unpaired) electrons. The largest absolute Gasteiger partial charge is 0.444 e. The Kier molecular flexibility index (Phi) is 4.13. The van der Waals surface area contributed by atoms with Gasteiger partial charge in [-0.3, -0.25) is 5.32 Å². The highest BCUT2D eigenvalue weighted by Gasteiger charge is 2.19. The Morgan fingerprint density at radius 2 is 1.74 bits per heavy atom. The number of carbonyl (C=O) groups is 1. The van der Waals surface area contributed by atoms with Crippen molar-refractivity contribution in [1.82, 2.24) is 0 Å². The van der Waals surface area contributed by atoms with Gasteiger partial charge in [0.15, 0.2) is 0 Å². The SMILES string of the molecule is CC(C)(C)OC(=O)Nc1ccc(C(C)(C)C)c(N)c1. The summed E-state index contributed by atoms with van der Waals surface area (Å²) < 4.78 is 5.19. The number of nitrogens with two attached hydrogens (primary N) is 1. The average Bonchev–Trinajstić information content (AvgIpc) is 2.11. The molecule has 0 aliphatic rings. The van der Waals surface area contributed by atoms with Gasteiger partial charge in [0.2, 0.25) is 0 Å². The number of ether oxygens (including phenoxy) is 1. The molecule has 1 aromatic rings. The van der Waals surface area contributed by atoms with Crippen LogP contribution < -0.4 is 11.1 Å². The van der Waals surface area contributed by atoms with E-state index >= 15 is 0 Å². The maximum atomic E-state index is 11.6. The van der Waals surface area contributed by atoms with Gasteiger partial charge in [-0.05, 0) is 43.9 Å². The van der Waals surface area contributed by atoms with E-state index in [2.05, 4.69) is 26.1 Å². The molecule has 0 aromatic heterocycles. The van der Waals surface area contributed by atoms with Crippen LogP contribution in [0.5, 0.6) is 0 Å². The summed E-state index contributed by atoms with van der Waals surface area (Å²) >= 11 is 0. The molecular weight excluding hydrogens is 240 g/mol. The summed E-state index contributed by atoms with van der Waals surface area (Å²) in [4.78, 5) is 11.6. The third kappa shape index (κ3) is 4.81. The number of carbonyl (C=O) groups excluding carboxylic acids is 1. The van der Waals surface area contributed by atoms with Crippen LogP contribution in [0, 0.1) is 0 Å². The molecule has 1 rings (SSSR count). The van der Waals surface area contributed by atoms with E-state index in [-0.39, 0.29) is 5.41 Å². The van der Waals surface area contributed by atoms with Gasteiger partial charge in [0.05, 0.1) is 0 Å². The number of hydrogen-bond acceptors (Lipinski definition) is 3. The van der Waals surface area contributed by atoms with E-state index in [1.54, 1.807) is 6.07 Å². The number of benzene rings is 1. The van der Waals surface area contributed by atoms with Gasteiger partial charge < -0.3 is 10.5 Å². The van der Waals surface area contributed by atoms with E-state index < -0.39 is 11.7 Å². The molecule has 4 heteroatoms. The van der Waals surface area contributed by atoms with Gasteiger partial charge in [-0.2, -0.15) is 0 Å². The van der Waals surface area contributed by atoms with Crippen molar-refractivity contribution in [2.24, 2.45) is 0 Å². The number of anilines is 2. The van der Waals surface area contributed by atoms with Crippen LogP contribution in [0.3, 0.4) is 0 Å². The number of rotatable bonds is 1. The molecule has 1 aromatic carbocycles. The Labute approximate surface area is 115 Å². The summed E-state index contributed by atoms with van der Waals surface area (Å²) in [6, 6.07) is 5.52. The predicted octanol–water partition coefficient (Wildman–Crippen LogP) is 3.91. The zero-order valence-electron chi connectivity index (χ0n) is 12.6. The molecule has 0 heterocycles. The highest BCUT2D eigenvalue weighted by molar-refractivity contribution is 5.85. The molecule has 0 aliphatic carbocycles. The van der Waals surface area contributed by atoms with E-state index in [0.29, 0.717) is 11.4 Å². The molecule has 19 heavy (non-hydrogen) atoms. The van der Waals surface area contributed by atoms with E-state index in [9.17, 15) is 4.79 Å². The first-order valence-corrected chi connectivity index (χ1v) is 6.39. The molecule has 0 unspecified atom stereocenters. The average molecular weight is 264 g/mol. The van der Waals surface area contributed by atoms with Gasteiger partial charge in [-0.1, -0.05) is 26.8 Å². The fourth-order valence-electron chi connectivity index (χ4n) is 1.74. The van der Waals surface area contributed by atoms with E-state index in [1.165, 1.54) is 0 Å². The number of amides is 1. The van der Waals surface area contributed by atoms with Crippen molar-refractivity contribution in [2.45, 2.75) is 52.6 Å². The molecule has 106 valence electrons. The second-order valence-corrected chi connectivity index (χ2v) is 6.68. The van der Waals surface area contributed by atoms with Crippen molar-refractivity contribution in [1.29, 1.82) is 0 Å². The molecule has 0 spiro atoms. The van der Waals surface area contributed by atoms with Crippen molar-refractivity contribution in [2.75, 3.05) is 11.1 Å². The molecular formula is C15H24N2O2. The van der Waals surface area contributed by atoms with Gasteiger partial charge in [0, 0.05) is 11.4 Å². The molecule has 0 aliphatic heterocycles. The number of nitrogens with one attached hydrogen (secondary N) is 1. The maximum Gasteiger partial charge on any atom is 0.412 e. The van der Waals surface area contributed by atoms with Crippen LogP contribution in [0.25, 0.3) is 0 Å². The van der Waals surface area contributed by atoms with Crippen molar-refractivity contribution in [3.8, 4) is 0 Å². The van der Waals surface area contributed by atoms with Gasteiger partial charge in [0.1, 0.15) is 5.60 Å². The third-order valence-corrected chi connectivity index (χ3v) is 2.50. The minimum absolute atomic E-state index is 0.0193.